The fourth-order valence-corrected chi connectivity index (χ4v) is 4.89. The van der Waals surface area contributed by atoms with Gasteiger partial charge < -0.3 is 9.64 Å². The van der Waals surface area contributed by atoms with E-state index in [0.717, 1.165) is 46.1 Å². The van der Waals surface area contributed by atoms with Crippen LogP contribution in [0.1, 0.15) is 0 Å². The molecule has 0 spiro atoms. The average Bonchev–Trinajstić information content (AvgIpc) is 3.45. The van der Waals surface area contributed by atoms with Gasteiger partial charge in [-0.15, -0.1) is 0 Å². The highest BCUT2D eigenvalue weighted by Gasteiger charge is 2.19. The molecule has 0 atom stereocenters. The summed E-state index contributed by atoms with van der Waals surface area (Å²) in [4.78, 5) is 6.69. The summed E-state index contributed by atoms with van der Waals surface area (Å²) in [6.07, 6.45) is 3.66. The van der Waals surface area contributed by atoms with Crippen molar-refractivity contribution in [1.29, 1.82) is 0 Å². The Morgan fingerprint density at radius 3 is 2.50 bits per heavy atom. The smallest absolute Gasteiger partial charge is 0.137 e. The number of rotatable bonds is 4. The van der Waals surface area contributed by atoms with E-state index in [1.54, 1.807) is 0 Å². The van der Waals surface area contributed by atoms with Crippen LogP contribution in [0, 0.1) is 0 Å². The van der Waals surface area contributed by atoms with Gasteiger partial charge in [-0.25, -0.2) is 9.99 Å². The van der Waals surface area contributed by atoms with Gasteiger partial charge in [0.1, 0.15) is 30.3 Å². The zero-order chi connectivity index (χ0) is 22.6. The predicted molar refractivity (Wildman–Crippen MR) is 137 cm³/mol. The Balaban J connectivity index is 1.39. The number of anilines is 1. The third-order valence-corrected chi connectivity index (χ3v) is 6.35. The zero-order valence-electron chi connectivity index (χ0n) is 18.6. The van der Waals surface area contributed by atoms with Crippen molar-refractivity contribution >= 4 is 44.6 Å². The van der Waals surface area contributed by atoms with Gasteiger partial charge in [0.05, 0.1) is 16.7 Å². The molecule has 0 unspecified atom stereocenters. The first-order chi connectivity index (χ1) is 16.7. The van der Waals surface area contributed by atoms with Gasteiger partial charge in [-0.05, 0) is 47.2 Å². The maximum Gasteiger partial charge on any atom is 0.137 e. The van der Waals surface area contributed by atoms with Crippen molar-refractivity contribution in [3.63, 3.8) is 0 Å². The number of ether oxygens (including phenoxy) is 1. The Bertz CT molecular complexity index is 1690. The second kappa shape index (κ2) is 7.22. The first-order valence-corrected chi connectivity index (χ1v) is 11.2. The molecule has 6 aromatic rings. The van der Waals surface area contributed by atoms with Crippen molar-refractivity contribution in [3.8, 4) is 17.3 Å². The second-order valence-electron chi connectivity index (χ2n) is 8.63. The first-order valence-electron chi connectivity index (χ1n) is 11.2. The summed E-state index contributed by atoms with van der Waals surface area (Å²) in [5.74, 6) is 2.45. The normalized spacial score (nSPS) is 13.7. The Labute approximate surface area is 196 Å². The van der Waals surface area contributed by atoms with E-state index in [9.17, 15) is 0 Å². The molecular formula is C28H21N5O. The third kappa shape index (κ3) is 2.89. The van der Waals surface area contributed by atoms with Crippen molar-refractivity contribution in [2.24, 2.45) is 5.10 Å². The van der Waals surface area contributed by atoms with Crippen molar-refractivity contribution in [3.05, 3.63) is 91.1 Å². The molecular weight excluding hydrogens is 422 g/mol. The lowest BCUT2D eigenvalue weighted by Crippen LogP contribution is -2.22. The molecule has 0 saturated heterocycles. The number of pyridine rings is 1. The third-order valence-electron chi connectivity index (χ3n) is 6.35. The summed E-state index contributed by atoms with van der Waals surface area (Å²) in [7, 11) is 2.00. The molecule has 6 heteroatoms. The largest absolute Gasteiger partial charge is 0.457 e. The maximum atomic E-state index is 6.40. The van der Waals surface area contributed by atoms with Gasteiger partial charge in [0.25, 0.3) is 0 Å². The molecule has 0 saturated carbocycles. The minimum atomic E-state index is 0.719. The lowest BCUT2D eigenvalue weighted by molar-refractivity contribution is 0.483. The quantitative estimate of drug-likeness (QED) is 0.304. The summed E-state index contributed by atoms with van der Waals surface area (Å²) in [6, 6.07) is 29.1. The average molecular weight is 444 g/mol. The number of hydrogen-bond donors (Lipinski definition) is 0. The standard InChI is InChI=1S/C28H21N5O/c1-31-17-30-32(18-31)21-7-5-8-22(15-21)34-23-14-20-12-11-19-6-4-9-24-27(19)28(20)25(16-23)33(24)26-10-2-3-13-29-26/h2-17H,18H2,1H3. The Morgan fingerprint density at radius 2 is 1.65 bits per heavy atom. The van der Waals surface area contributed by atoms with E-state index < -0.39 is 0 Å². The molecule has 0 bridgehead atoms. The van der Waals surface area contributed by atoms with Crippen LogP contribution in [0.15, 0.2) is 96.2 Å². The van der Waals surface area contributed by atoms with Gasteiger partial charge in [-0.1, -0.05) is 36.4 Å². The van der Waals surface area contributed by atoms with Gasteiger partial charge in [0.15, 0.2) is 0 Å². The molecule has 0 radical (unpaired) electrons. The number of nitrogens with zero attached hydrogens (tertiary/aromatic N) is 5. The summed E-state index contributed by atoms with van der Waals surface area (Å²) < 4.78 is 8.63. The monoisotopic (exact) mass is 443 g/mol. The van der Waals surface area contributed by atoms with E-state index >= 15 is 0 Å². The van der Waals surface area contributed by atoms with Crippen LogP contribution in [0.5, 0.6) is 11.5 Å². The van der Waals surface area contributed by atoms with Crippen LogP contribution in [0.3, 0.4) is 0 Å². The van der Waals surface area contributed by atoms with Crippen LogP contribution in [0.2, 0.25) is 0 Å². The van der Waals surface area contributed by atoms with Crippen LogP contribution in [0.25, 0.3) is 38.4 Å². The molecule has 7 rings (SSSR count). The molecule has 34 heavy (non-hydrogen) atoms. The van der Waals surface area contributed by atoms with Crippen LogP contribution < -0.4 is 9.75 Å². The summed E-state index contributed by atoms with van der Waals surface area (Å²) in [5.41, 5.74) is 3.22. The Morgan fingerprint density at radius 1 is 0.765 bits per heavy atom. The lowest BCUT2D eigenvalue weighted by atomic mass is 10.0. The number of hydrazone groups is 1. The highest BCUT2D eigenvalue weighted by Crippen LogP contribution is 2.41. The van der Waals surface area contributed by atoms with Crippen LogP contribution in [0.4, 0.5) is 5.69 Å². The predicted octanol–water partition coefficient (Wildman–Crippen LogP) is 6.21. The van der Waals surface area contributed by atoms with E-state index in [0.29, 0.717) is 0 Å². The minimum Gasteiger partial charge on any atom is -0.457 e. The van der Waals surface area contributed by atoms with E-state index in [1.165, 1.54) is 16.2 Å². The molecule has 3 heterocycles. The molecule has 164 valence electrons. The Kier molecular flexibility index (Phi) is 4.02. The summed E-state index contributed by atoms with van der Waals surface area (Å²) in [5, 5.41) is 11.2. The van der Waals surface area contributed by atoms with Gasteiger partial charge in [0.2, 0.25) is 0 Å². The molecule has 0 N–H and O–H groups in total. The minimum absolute atomic E-state index is 0.719. The lowest BCUT2D eigenvalue weighted by Gasteiger charge is -2.17. The highest BCUT2D eigenvalue weighted by atomic mass is 16.5. The van der Waals surface area contributed by atoms with Crippen LogP contribution in [-0.2, 0) is 0 Å². The second-order valence-corrected chi connectivity index (χ2v) is 8.63. The number of aromatic nitrogens is 2. The van der Waals surface area contributed by atoms with Crippen molar-refractivity contribution in [2.75, 3.05) is 18.7 Å². The molecule has 4 aromatic carbocycles. The topological polar surface area (TPSA) is 45.9 Å². The molecule has 2 aromatic heterocycles. The highest BCUT2D eigenvalue weighted by molar-refractivity contribution is 6.24. The van der Waals surface area contributed by atoms with Gasteiger partial charge in [-0.2, -0.15) is 5.10 Å². The van der Waals surface area contributed by atoms with Gasteiger partial charge in [0, 0.05) is 36.1 Å². The Hall–Kier alpha value is -4.58. The molecule has 6 nitrogen and oxygen atoms in total. The van der Waals surface area contributed by atoms with Crippen LogP contribution >= 0.6 is 0 Å². The molecule has 1 aliphatic rings. The fraction of sp³-hybridized carbons (Fsp3) is 0.0714. The fourth-order valence-electron chi connectivity index (χ4n) is 4.89. The summed E-state index contributed by atoms with van der Waals surface area (Å²) >= 11 is 0. The van der Waals surface area contributed by atoms with Crippen molar-refractivity contribution in [1.82, 2.24) is 14.5 Å². The van der Waals surface area contributed by atoms with E-state index in [2.05, 4.69) is 57.1 Å². The first kappa shape index (κ1) is 18.9. The molecule has 0 amide bonds. The number of hydrogen-bond acceptors (Lipinski definition) is 5. The summed E-state index contributed by atoms with van der Waals surface area (Å²) in [6.45, 7) is 0.719. The molecule has 0 fully saturated rings. The van der Waals surface area contributed by atoms with Gasteiger partial charge in [-0.3, -0.25) is 4.57 Å². The van der Waals surface area contributed by atoms with Crippen LogP contribution in [-0.4, -0.2) is 34.5 Å². The van der Waals surface area contributed by atoms with Crippen molar-refractivity contribution in [2.45, 2.75) is 0 Å². The number of benzene rings is 4. The zero-order valence-corrected chi connectivity index (χ0v) is 18.6. The van der Waals surface area contributed by atoms with E-state index in [1.807, 2.05) is 72.0 Å². The molecule has 1 aliphatic heterocycles. The van der Waals surface area contributed by atoms with Gasteiger partial charge >= 0.3 is 0 Å². The SMILES string of the molecule is CN1C=NN(c2cccc(Oc3cc4ccc5cccc6c5c4c(c3)n6-c3ccccn3)c2)C1. The molecule has 0 aliphatic carbocycles. The van der Waals surface area contributed by atoms with E-state index in [4.69, 9.17) is 4.74 Å². The maximum absolute atomic E-state index is 6.40. The van der Waals surface area contributed by atoms with E-state index in [-0.39, 0.29) is 0 Å². The van der Waals surface area contributed by atoms with Crippen molar-refractivity contribution < 1.29 is 4.74 Å².